The van der Waals surface area contributed by atoms with E-state index in [1.807, 2.05) is 0 Å². The van der Waals surface area contributed by atoms with Crippen LogP contribution >= 0.6 is 0 Å². The Morgan fingerprint density at radius 2 is 1.65 bits per heavy atom. The van der Waals surface area contributed by atoms with E-state index in [9.17, 15) is 16.8 Å². The second-order valence-electron chi connectivity index (χ2n) is 3.15. The van der Waals surface area contributed by atoms with Crippen molar-refractivity contribution in [2.45, 2.75) is 4.90 Å². The minimum atomic E-state index is -4.38. The summed E-state index contributed by atoms with van der Waals surface area (Å²) in [6.45, 7) is 0. The molecule has 0 saturated heterocycles. The van der Waals surface area contributed by atoms with E-state index >= 15 is 0 Å². The van der Waals surface area contributed by atoms with Gasteiger partial charge in [-0.25, -0.2) is 8.42 Å². The first kappa shape index (κ1) is 13.9. The summed E-state index contributed by atoms with van der Waals surface area (Å²) >= 11 is 0. The summed E-state index contributed by atoms with van der Waals surface area (Å²) in [6.07, 6.45) is 0. The molecule has 1 aromatic rings. The van der Waals surface area contributed by atoms with Gasteiger partial charge in [-0.1, -0.05) is 0 Å². The maximum Gasteiger partial charge on any atom is 0.279 e. The highest BCUT2D eigenvalue weighted by Crippen LogP contribution is 2.13. The lowest BCUT2D eigenvalue weighted by molar-refractivity contribution is 0.480. The molecule has 96 valence electrons. The standard InChI is InChI=1S/C8H12N2O5S2/c1-9-7-2-4-8(5-3-7)17(14,15)10-6-16(11,12)13/h2-5,9-10H,6H2,1H3,(H,11,12,13). The lowest BCUT2D eigenvalue weighted by Crippen LogP contribution is -2.29. The zero-order valence-corrected chi connectivity index (χ0v) is 10.5. The molecule has 0 aliphatic heterocycles. The van der Waals surface area contributed by atoms with E-state index in [4.69, 9.17) is 4.55 Å². The molecule has 0 unspecified atom stereocenters. The van der Waals surface area contributed by atoms with Crippen molar-refractivity contribution < 1.29 is 21.4 Å². The summed E-state index contributed by atoms with van der Waals surface area (Å²) in [4.78, 5) is -0.0832. The molecule has 0 radical (unpaired) electrons. The quantitative estimate of drug-likeness (QED) is 0.647. The third-order valence-corrected chi connectivity index (χ3v) is 3.99. The van der Waals surface area contributed by atoms with Crippen molar-refractivity contribution >= 4 is 25.8 Å². The topological polar surface area (TPSA) is 113 Å². The van der Waals surface area contributed by atoms with Gasteiger partial charge >= 0.3 is 0 Å². The normalized spacial score (nSPS) is 12.4. The van der Waals surface area contributed by atoms with Gasteiger partial charge in [0.05, 0.1) is 4.90 Å². The van der Waals surface area contributed by atoms with Crippen molar-refractivity contribution in [1.29, 1.82) is 0 Å². The molecule has 0 fully saturated rings. The predicted octanol–water partition coefficient (Wildman–Crippen LogP) is -0.148. The van der Waals surface area contributed by atoms with Gasteiger partial charge in [-0.3, -0.25) is 4.55 Å². The van der Waals surface area contributed by atoms with Gasteiger partial charge < -0.3 is 5.32 Å². The largest absolute Gasteiger partial charge is 0.388 e. The highest BCUT2D eigenvalue weighted by atomic mass is 32.2. The Balaban J connectivity index is 2.90. The maximum atomic E-state index is 11.6. The van der Waals surface area contributed by atoms with Crippen LogP contribution in [-0.2, 0) is 20.1 Å². The van der Waals surface area contributed by atoms with Crippen LogP contribution in [0, 0.1) is 0 Å². The van der Waals surface area contributed by atoms with Crippen molar-refractivity contribution in [3.63, 3.8) is 0 Å². The van der Waals surface area contributed by atoms with Crippen LogP contribution in [0.4, 0.5) is 5.69 Å². The molecule has 0 bridgehead atoms. The Morgan fingerprint density at radius 1 is 1.12 bits per heavy atom. The van der Waals surface area contributed by atoms with Crippen LogP contribution in [0.1, 0.15) is 0 Å². The van der Waals surface area contributed by atoms with E-state index in [1.54, 1.807) is 11.8 Å². The molecule has 1 rings (SSSR count). The molecule has 0 atom stereocenters. The number of hydrogen-bond donors (Lipinski definition) is 3. The van der Waals surface area contributed by atoms with Crippen LogP contribution in [0.15, 0.2) is 29.2 Å². The molecule has 9 heteroatoms. The second-order valence-corrected chi connectivity index (χ2v) is 6.37. The summed E-state index contributed by atoms with van der Waals surface area (Å²) in [7, 11) is -6.64. The van der Waals surface area contributed by atoms with Crippen LogP contribution in [0.25, 0.3) is 0 Å². The monoisotopic (exact) mass is 280 g/mol. The molecule has 0 aliphatic carbocycles. The lowest BCUT2D eigenvalue weighted by atomic mass is 10.3. The number of sulfonamides is 1. The Bertz CT molecular complexity index is 577. The molecule has 0 aromatic heterocycles. The molecule has 3 N–H and O–H groups in total. The predicted molar refractivity (Wildman–Crippen MR) is 62.7 cm³/mol. The first-order chi connectivity index (χ1) is 7.74. The molecular formula is C8H12N2O5S2. The van der Waals surface area contributed by atoms with E-state index in [2.05, 4.69) is 5.32 Å². The fourth-order valence-corrected chi connectivity index (χ4v) is 2.91. The van der Waals surface area contributed by atoms with Gasteiger partial charge in [-0.2, -0.15) is 13.1 Å². The van der Waals surface area contributed by atoms with Crippen LogP contribution in [-0.4, -0.2) is 34.3 Å². The van der Waals surface area contributed by atoms with Gasteiger partial charge in [-0.05, 0) is 24.3 Å². The molecule has 1 aromatic carbocycles. The highest BCUT2D eigenvalue weighted by molar-refractivity contribution is 7.91. The van der Waals surface area contributed by atoms with Crippen LogP contribution < -0.4 is 10.0 Å². The molecule has 0 saturated carbocycles. The molecule has 7 nitrogen and oxygen atoms in total. The molecular weight excluding hydrogens is 268 g/mol. The summed E-state index contributed by atoms with van der Waals surface area (Å²) in [5.74, 6) is -1.05. The van der Waals surface area contributed by atoms with Gasteiger partial charge in [0, 0.05) is 12.7 Å². The van der Waals surface area contributed by atoms with Crippen molar-refractivity contribution in [1.82, 2.24) is 4.72 Å². The minimum absolute atomic E-state index is 0.0832. The highest BCUT2D eigenvalue weighted by Gasteiger charge is 2.16. The van der Waals surface area contributed by atoms with Gasteiger partial charge in [0.25, 0.3) is 10.1 Å². The third-order valence-electron chi connectivity index (χ3n) is 1.88. The Kier molecular flexibility index (Phi) is 4.09. The summed E-state index contributed by atoms with van der Waals surface area (Å²) in [6, 6.07) is 5.69. The number of rotatable bonds is 5. The van der Waals surface area contributed by atoms with E-state index in [-0.39, 0.29) is 4.90 Å². The zero-order valence-electron chi connectivity index (χ0n) is 8.91. The van der Waals surface area contributed by atoms with Crippen LogP contribution in [0.5, 0.6) is 0 Å². The maximum absolute atomic E-state index is 11.6. The first-order valence-electron chi connectivity index (χ1n) is 4.47. The van der Waals surface area contributed by atoms with E-state index in [1.165, 1.54) is 24.3 Å². The van der Waals surface area contributed by atoms with Crippen LogP contribution in [0.3, 0.4) is 0 Å². The number of anilines is 1. The summed E-state index contributed by atoms with van der Waals surface area (Å²) < 4.78 is 54.2. The van der Waals surface area contributed by atoms with Gasteiger partial charge in [-0.15, -0.1) is 0 Å². The molecule has 0 aliphatic rings. The average molecular weight is 280 g/mol. The van der Waals surface area contributed by atoms with Gasteiger partial charge in [0.15, 0.2) is 0 Å². The SMILES string of the molecule is CNc1ccc(S(=O)(=O)NCS(=O)(=O)O)cc1. The van der Waals surface area contributed by atoms with Crippen molar-refractivity contribution in [3.05, 3.63) is 24.3 Å². The van der Waals surface area contributed by atoms with Gasteiger partial charge in [0.2, 0.25) is 10.0 Å². The lowest BCUT2D eigenvalue weighted by Gasteiger charge is -2.06. The van der Waals surface area contributed by atoms with Gasteiger partial charge in [0.1, 0.15) is 5.88 Å². The van der Waals surface area contributed by atoms with Crippen LogP contribution in [0.2, 0.25) is 0 Å². The Labute approximate surface area is 99.7 Å². The zero-order chi connectivity index (χ0) is 13.1. The molecule has 0 spiro atoms. The van der Waals surface area contributed by atoms with Crippen molar-refractivity contribution in [3.8, 4) is 0 Å². The van der Waals surface area contributed by atoms with E-state index in [0.717, 1.165) is 5.69 Å². The summed E-state index contributed by atoms with van der Waals surface area (Å²) in [5, 5.41) is 2.81. The fraction of sp³-hybridized carbons (Fsp3) is 0.250. The molecule has 0 heterocycles. The van der Waals surface area contributed by atoms with E-state index < -0.39 is 26.0 Å². The Morgan fingerprint density at radius 3 is 2.06 bits per heavy atom. The average Bonchev–Trinajstić information content (AvgIpc) is 2.26. The Hall–Kier alpha value is -1.16. The molecule has 0 amide bonds. The first-order valence-corrected chi connectivity index (χ1v) is 7.56. The third kappa shape index (κ3) is 4.30. The number of nitrogens with one attached hydrogen (secondary N) is 2. The second kappa shape index (κ2) is 5.00. The number of benzene rings is 1. The summed E-state index contributed by atoms with van der Waals surface area (Å²) in [5.41, 5.74) is 0.721. The molecule has 17 heavy (non-hydrogen) atoms. The number of hydrogen-bond acceptors (Lipinski definition) is 5. The minimum Gasteiger partial charge on any atom is -0.388 e. The van der Waals surface area contributed by atoms with Crippen molar-refractivity contribution in [2.75, 3.05) is 18.2 Å². The fourth-order valence-electron chi connectivity index (χ4n) is 1.04. The smallest absolute Gasteiger partial charge is 0.279 e. The van der Waals surface area contributed by atoms with Crippen molar-refractivity contribution in [2.24, 2.45) is 0 Å². The van der Waals surface area contributed by atoms with E-state index in [0.29, 0.717) is 0 Å².